The standard InChI is InChI=1S/C30H37N5O6/c1-29(2,3)40-27(37)32-35(24-9-7-8-21(18-24)23-12-17-39-20-23)26(36)22-10-11-25(31-19-22)33-13-15-34(16-14-33)28(38)41-30(4,5)6/h7-12,17-20H,13-16H2,1-6H3,(H,32,37). The van der Waals surface area contributed by atoms with Crippen LogP contribution in [0.5, 0.6) is 0 Å². The Hall–Kier alpha value is -4.54. The maximum absolute atomic E-state index is 13.7. The molecule has 0 spiro atoms. The first kappa shape index (κ1) is 29.4. The Kier molecular flexibility index (Phi) is 8.55. The molecule has 3 amide bonds. The number of carbonyl (C=O) groups is 3. The minimum Gasteiger partial charge on any atom is -0.472 e. The molecular formula is C30H37N5O6. The van der Waals surface area contributed by atoms with Gasteiger partial charge in [0.05, 0.1) is 23.8 Å². The summed E-state index contributed by atoms with van der Waals surface area (Å²) >= 11 is 0. The summed E-state index contributed by atoms with van der Waals surface area (Å²) in [6, 6.07) is 12.4. The van der Waals surface area contributed by atoms with Gasteiger partial charge in [-0.05, 0) is 77.4 Å². The second kappa shape index (κ2) is 11.9. The molecule has 0 aliphatic carbocycles. The first-order chi connectivity index (χ1) is 19.3. The van der Waals surface area contributed by atoms with E-state index in [0.717, 1.165) is 16.1 Å². The van der Waals surface area contributed by atoms with Crippen LogP contribution < -0.4 is 15.3 Å². The lowest BCUT2D eigenvalue weighted by atomic mass is 10.1. The van der Waals surface area contributed by atoms with E-state index in [1.807, 2.05) is 37.8 Å². The third-order valence-corrected chi connectivity index (χ3v) is 6.01. The fraction of sp³-hybridized carbons (Fsp3) is 0.400. The van der Waals surface area contributed by atoms with E-state index in [9.17, 15) is 14.4 Å². The highest BCUT2D eigenvalue weighted by atomic mass is 16.6. The molecule has 0 atom stereocenters. The number of carbonyl (C=O) groups excluding carboxylic acids is 3. The summed E-state index contributed by atoms with van der Waals surface area (Å²) in [6.45, 7) is 12.9. The first-order valence-corrected chi connectivity index (χ1v) is 13.4. The number of nitrogens with one attached hydrogen (secondary N) is 1. The molecular weight excluding hydrogens is 526 g/mol. The highest BCUT2D eigenvalue weighted by Gasteiger charge is 2.28. The number of amides is 3. The molecule has 1 aliphatic rings. The second-order valence-electron chi connectivity index (χ2n) is 11.7. The third-order valence-electron chi connectivity index (χ3n) is 6.01. The Balaban J connectivity index is 1.50. The summed E-state index contributed by atoms with van der Waals surface area (Å²) in [5.74, 6) is 0.188. The van der Waals surface area contributed by atoms with E-state index in [-0.39, 0.29) is 11.7 Å². The molecule has 41 heavy (non-hydrogen) atoms. The van der Waals surface area contributed by atoms with Gasteiger partial charge in [0.1, 0.15) is 17.0 Å². The van der Waals surface area contributed by atoms with Crippen molar-refractivity contribution < 1.29 is 28.3 Å². The predicted molar refractivity (Wildman–Crippen MR) is 155 cm³/mol. The van der Waals surface area contributed by atoms with Gasteiger partial charge < -0.3 is 23.7 Å². The zero-order chi connectivity index (χ0) is 29.8. The van der Waals surface area contributed by atoms with Crippen LogP contribution in [0.4, 0.5) is 21.1 Å². The van der Waals surface area contributed by atoms with Gasteiger partial charge in [0, 0.05) is 37.9 Å². The zero-order valence-corrected chi connectivity index (χ0v) is 24.3. The smallest absolute Gasteiger partial charge is 0.427 e. The second-order valence-corrected chi connectivity index (χ2v) is 11.7. The molecule has 11 nitrogen and oxygen atoms in total. The van der Waals surface area contributed by atoms with Crippen molar-refractivity contribution >= 4 is 29.6 Å². The molecule has 1 aromatic carbocycles. The maximum atomic E-state index is 13.7. The normalized spacial score (nSPS) is 13.9. The number of nitrogens with zero attached hydrogens (tertiary/aromatic N) is 4. The lowest BCUT2D eigenvalue weighted by Crippen LogP contribution is -2.50. The van der Waals surface area contributed by atoms with E-state index < -0.39 is 23.2 Å². The van der Waals surface area contributed by atoms with Crippen molar-refractivity contribution in [2.75, 3.05) is 36.1 Å². The van der Waals surface area contributed by atoms with Crippen molar-refractivity contribution in [1.29, 1.82) is 0 Å². The molecule has 0 unspecified atom stereocenters. The van der Waals surface area contributed by atoms with Crippen molar-refractivity contribution in [3.63, 3.8) is 0 Å². The number of hydrogen-bond donors (Lipinski definition) is 1. The number of furan rings is 1. The minimum absolute atomic E-state index is 0.269. The fourth-order valence-corrected chi connectivity index (χ4v) is 4.15. The van der Waals surface area contributed by atoms with Crippen LogP contribution in [0, 0.1) is 0 Å². The molecule has 4 rings (SSSR count). The number of hydrazine groups is 1. The third kappa shape index (κ3) is 8.00. The average molecular weight is 564 g/mol. The first-order valence-electron chi connectivity index (χ1n) is 13.4. The van der Waals surface area contributed by atoms with E-state index in [4.69, 9.17) is 13.9 Å². The number of hydrogen-bond acceptors (Lipinski definition) is 8. The molecule has 1 saturated heterocycles. The van der Waals surface area contributed by atoms with E-state index in [2.05, 4.69) is 10.4 Å². The minimum atomic E-state index is -0.771. The Bertz CT molecular complexity index is 1350. The van der Waals surface area contributed by atoms with E-state index in [1.165, 1.54) is 6.20 Å². The Labute approximate surface area is 240 Å². The van der Waals surface area contributed by atoms with Crippen LogP contribution in [0.1, 0.15) is 51.9 Å². The molecule has 1 fully saturated rings. The van der Waals surface area contributed by atoms with Gasteiger partial charge in [-0.2, -0.15) is 0 Å². The number of benzene rings is 1. The highest BCUT2D eigenvalue weighted by molar-refractivity contribution is 6.07. The number of ether oxygens (including phenoxy) is 2. The lowest BCUT2D eigenvalue weighted by Gasteiger charge is -2.36. The van der Waals surface area contributed by atoms with Gasteiger partial charge in [0.25, 0.3) is 5.91 Å². The van der Waals surface area contributed by atoms with Gasteiger partial charge >= 0.3 is 12.2 Å². The van der Waals surface area contributed by atoms with Crippen molar-refractivity contribution in [3.8, 4) is 11.1 Å². The van der Waals surface area contributed by atoms with Crippen LogP contribution in [0.2, 0.25) is 0 Å². The fourth-order valence-electron chi connectivity index (χ4n) is 4.15. The van der Waals surface area contributed by atoms with E-state index in [1.54, 1.807) is 68.5 Å². The van der Waals surface area contributed by atoms with Crippen LogP contribution in [0.15, 0.2) is 65.6 Å². The summed E-state index contributed by atoms with van der Waals surface area (Å²) in [5, 5.41) is 1.15. The lowest BCUT2D eigenvalue weighted by molar-refractivity contribution is 0.0240. The quantitative estimate of drug-likeness (QED) is 0.415. The summed E-state index contributed by atoms with van der Waals surface area (Å²) in [7, 11) is 0. The topological polar surface area (TPSA) is 117 Å². The predicted octanol–water partition coefficient (Wildman–Crippen LogP) is 5.49. The van der Waals surface area contributed by atoms with Gasteiger partial charge in [-0.25, -0.2) is 25.0 Å². The van der Waals surface area contributed by atoms with Crippen molar-refractivity contribution in [2.45, 2.75) is 52.7 Å². The van der Waals surface area contributed by atoms with Crippen LogP contribution in [0.25, 0.3) is 11.1 Å². The molecule has 1 aliphatic heterocycles. The molecule has 3 heterocycles. The number of rotatable bonds is 4. The van der Waals surface area contributed by atoms with Gasteiger partial charge in [-0.15, -0.1) is 0 Å². The molecule has 3 aromatic rings. The Morgan fingerprint density at radius 1 is 0.902 bits per heavy atom. The molecule has 0 radical (unpaired) electrons. The largest absolute Gasteiger partial charge is 0.472 e. The van der Waals surface area contributed by atoms with Crippen molar-refractivity contribution in [2.24, 2.45) is 0 Å². The Morgan fingerprint density at radius 3 is 2.20 bits per heavy atom. The van der Waals surface area contributed by atoms with Gasteiger partial charge in [-0.1, -0.05) is 12.1 Å². The van der Waals surface area contributed by atoms with Gasteiger partial charge in [0.2, 0.25) is 0 Å². The number of aromatic nitrogens is 1. The zero-order valence-electron chi connectivity index (χ0n) is 24.3. The SMILES string of the molecule is CC(C)(C)OC(=O)NN(C(=O)c1ccc(N2CCN(C(=O)OC(C)(C)C)CC2)nc1)c1cccc(-c2ccoc2)c1. The number of anilines is 2. The highest BCUT2D eigenvalue weighted by Crippen LogP contribution is 2.26. The Morgan fingerprint density at radius 2 is 1.61 bits per heavy atom. The molecule has 2 aromatic heterocycles. The molecule has 1 N–H and O–H groups in total. The average Bonchev–Trinajstić information content (AvgIpc) is 3.45. The van der Waals surface area contributed by atoms with Crippen molar-refractivity contribution in [1.82, 2.24) is 15.3 Å². The van der Waals surface area contributed by atoms with Crippen LogP contribution in [-0.4, -0.2) is 65.4 Å². The summed E-state index contributed by atoms with van der Waals surface area (Å²) in [6.07, 6.45) is 3.53. The van der Waals surface area contributed by atoms with E-state index in [0.29, 0.717) is 37.7 Å². The molecule has 0 bridgehead atoms. The summed E-state index contributed by atoms with van der Waals surface area (Å²) in [5.41, 5.74) is 3.61. The van der Waals surface area contributed by atoms with Crippen LogP contribution in [0.3, 0.4) is 0 Å². The van der Waals surface area contributed by atoms with Crippen LogP contribution in [-0.2, 0) is 9.47 Å². The molecule has 218 valence electrons. The summed E-state index contributed by atoms with van der Waals surface area (Å²) in [4.78, 5) is 47.0. The summed E-state index contributed by atoms with van der Waals surface area (Å²) < 4.78 is 16.1. The maximum Gasteiger partial charge on any atom is 0.427 e. The molecule has 11 heteroatoms. The number of pyridine rings is 1. The molecule has 0 saturated carbocycles. The monoisotopic (exact) mass is 563 g/mol. The van der Waals surface area contributed by atoms with Gasteiger partial charge in [0.15, 0.2) is 0 Å². The van der Waals surface area contributed by atoms with Crippen LogP contribution >= 0.6 is 0 Å². The number of piperazine rings is 1. The van der Waals surface area contributed by atoms with Gasteiger partial charge in [-0.3, -0.25) is 4.79 Å². The van der Waals surface area contributed by atoms with Crippen molar-refractivity contribution in [3.05, 3.63) is 66.8 Å². The van der Waals surface area contributed by atoms with E-state index >= 15 is 0 Å².